The van der Waals surface area contributed by atoms with Crippen molar-refractivity contribution in [3.05, 3.63) is 11.6 Å². The lowest BCUT2D eigenvalue weighted by atomic mass is 10.2. The molecule has 1 aliphatic rings. The molecule has 0 unspecified atom stereocenters. The van der Waals surface area contributed by atoms with Crippen molar-refractivity contribution in [2.75, 3.05) is 12.4 Å². The fraction of sp³-hybridized carbons (Fsp3) is 0.667. The number of carbonyl (C=O) groups excluding carboxylic acids is 1. The molecule has 0 aliphatic heterocycles. The zero-order valence-electron chi connectivity index (χ0n) is 8.33. The molecule has 0 spiro atoms. The van der Waals surface area contributed by atoms with Crippen molar-refractivity contribution in [2.24, 2.45) is 0 Å². The van der Waals surface area contributed by atoms with E-state index >= 15 is 0 Å². The van der Waals surface area contributed by atoms with E-state index in [2.05, 4.69) is 0 Å². The van der Waals surface area contributed by atoms with E-state index in [1.165, 1.54) is 0 Å². The van der Waals surface area contributed by atoms with Gasteiger partial charge in [-0.05, 0) is 25.7 Å². The number of hydrogen-bond donors (Lipinski definition) is 1. The predicted octanol–water partition coefficient (Wildman–Crippen LogP) is 0.902. The van der Waals surface area contributed by atoms with E-state index in [0.29, 0.717) is 12.0 Å². The topological polar surface area (TPSA) is 63.2 Å². The maximum absolute atomic E-state index is 11.8. The lowest BCUT2D eigenvalue weighted by Crippen LogP contribution is -2.33. The van der Waals surface area contributed by atoms with Crippen molar-refractivity contribution in [2.45, 2.75) is 25.7 Å². The van der Waals surface area contributed by atoms with Crippen LogP contribution in [0.15, 0.2) is 11.6 Å². The summed E-state index contributed by atoms with van der Waals surface area (Å²) in [6.07, 6.45) is 3.96. The summed E-state index contributed by atoms with van der Waals surface area (Å²) in [6, 6.07) is 0. The van der Waals surface area contributed by atoms with Crippen LogP contribution in [-0.2, 0) is 14.8 Å². The molecule has 0 radical (unpaired) electrons. The van der Waals surface area contributed by atoms with E-state index in [9.17, 15) is 17.6 Å². The standard InChI is InChI=1S/C9H14FNO3S/c10-6-3-7-15(13,14)11-9(12)8-4-1-2-5-8/h4H,1-3,5-7H2,(H,11,12). The molecule has 4 nitrogen and oxygen atoms in total. The van der Waals surface area contributed by atoms with E-state index in [4.69, 9.17) is 0 Å². The van der Waals surface area contributed by atoms with Gasteiger partial charge in [-0.1, -0.05) is 6.08 Å². The summed E-state index contributed by atoms with van der Waals surface area (Å²) in [5, 5.41) is 0. The lowest BCUT2D eigenvalue weighted by molar-refractivity contribution is -0.115. The minimum absolute atomic E-state index is 0.0817. The van der Waals surface area contributed by atoms with Crippen LogP contribution in [0, 0.1) is 0 Å². The van der Waals surface area contributed by atoms with Crippen LogP contribution in [0.25, 0.3) is 0 Å². The molecule has 86 valence electrons. The van der Waals surface area contributed by atoms with E-state index in [1.807, 2.05) is 4.72 Å². The molecule has 0 heterocycles. The minimum atomic E-state index is -3.66. The first-order valence-electron chi connectivity index (χ1n) is 4.85. The summed E-state index contributed by atoms with van der Waals surface area (Å²) < 4.78 is 36.2. The van der Waals surface area contributed by atoms with Crippen LogP contribution in [0.2, 0.25) is 0 Å². The zero-order valence-corrected chi connectivity index (χ0v) is 9.15. The summed E-state index contributed by atoms with van der Waals surface area (Å²) in [5.74, 6) is -0.908. The largest absolute Gasteiger partial charge is 0.269 e. The molecular formula is C9H14FNO3S. The Balaban J connectivity index is 2.50. The second-order valence-electron chi connectivity index (χ2n) is 3.41. The Hall–Kier alpha value is -0.910. The Morgan fingerprint density at radius 3 is 2.80 bits per heavy atom. The number of amides is 1. The third-order valence-electron chi connectivity index (χ3n) is 2.13. The van der Waals surface area contributed by atoms with E-state index < -0.39 is 22.6 Å². The molecular weight excluding hydrogens is 221 g/mol. The Kier molecular flexibility index (Phi) is 4.26. The number of halogens is 1. The Bertz CT molecular complexity index is 362. The molecule has 0 saturated heterocycles. The van der Waals surface area contributed by atoms with Gasteiger partial charge in [0.15, 0.2) is 0 Å². The summed E-state index contributed by atoms with van der Waals surface area (Å²) in [4.78, 5) is 11.4. The van der Waals surface area contributed by atoms with E-state index in [0.717, 1.165) is 12.8 Å². The van der Waals surface area contributed by atoms with Crippen molar-refractivity contribution >= 4 is 15.9 Å². The number of nitrogens with one attached hydrogen (secondary N) is 1. The SMILES string of the molecule is O=C(NS(=O)(=O)CCCF)C1=CCCC1. The van der Waals surface area contributed by atoms with Crippen LogP contribution in [0.4, 0.5) is 4.39 Å². The van der Waals surface area contributed by atoms with Crippen molar-refractivity contribution in [1.29, 1.82) is 0 Å². The minimum Gasteiger partial charge on any atom is -0.269 e. The second kappa shape index (κ2) is 5.25. The summed E-state index contributed by atoms with van der Waals surface area (Å²) in [6.45, 7) is -0.697. The quantitative estimate of drug-likeness (QED) is 0.770. The van der Waals surface area contributed by atoms with Crippen LogP contribution >= 0.6 is 0 Å². The van der Waals surface area contributed by atoms with Gasteiger partial charge < -0.3 is 0 Å². The Morgan fingerprint density at radius 2 is 2.27 bits per heavy atom. The Morgan fingerprint density at radius 1 is 1.53 bits per heavy atom. The molecule has 1 rings (SSSR count). The third-order valence-corrected chi connectivity index (χ3v) is 3.45. The van der Waals surface area contributed by atoms with Crippen molar-refractivity contribution in [1.82, 2.24) is 4.72 Å². The van der Waals surface area contributed by atoms with Gasteiger partial charge in [0.1, 0.15) is 0 Å². The Labute approximate surface area is 88.6 Å². The molecule has 0 fully saturated rings. The van der Waals surface area contributed by atoms with Crippen molar-refractivity contribution < 1.29 is 17.6 Å². The number of alkyl halides is 1. The van der Waals surface area contributed by atoms with Gasteiger partial charge in [0.05, 0.1) is 12.4 Å². The number of carbonyl (C=O) groups is 1. The highest BCUT2D eigenvalue weighted by Gasteiger charge is 2.19. The average Bonchev–Trinajstić information content (AvgIpc) is 2.67. The van der Waals surface area contributed by atoms with Gasteiger partial charge in [-0.15, -0.1) is 0 Å². The first kappa shape index (κ1) is 12.2. The molecule has 1 amide bonds. The zero-order chi connectivity index (χ0) is 11.3. The fourth-order valence-corrected chi connectivity index (χ4v) is 2.38. The second-order valence-corrected chi connectivity index (χ2v) is 5.26. The number of allylic oxidation sites excluding steroid dienone is 1. The molecule has 0 aromatic carbocycles. The molecule has 0 aromatic rings. The first-order valence-corrected chi connectivity index (χ1v) is 6.50. The molecule has 0 aromatic heterocycles. The van der Waals surface area contributed by atoms with Crippen LogP contribution in [0.1, 0.15) is 25.7 Å². The molecule has 15 heavy (non-hydrogen) atoms. The third kappa shape index (κ3) is 3.99. The smallest absolute Gasteiger partial charge is 0.260 e. The van der Waals surface area contributed by atoms with Gasteiger partial charge >= 0.3 is 0 Å². The fourth-order valence-electron chi connectivity index (χ4n) is 1.38. The predicted molar refractivity (Wildman–Crippen MR) is 54.5 cm³/mol. The molecule has 0 saturated carbocycles. The normalized spacial score (nSPS) is 16.2. The van der Waals surface area contributed by atoms with Gasteiger partial charge in [-0.2, -0.15) is 0 Å². The lowest BCUT2D eigenvalue weighted by Gasteiger charge is -2.05. The van der Waals surface area contributed by atoms with Crippen molar-refractivity contribution in [3.8, 4) is 0 Å². The highest BCUT2D eigenvalue weighted by Crippen LogP contribution is 2.17. The van der Waals surface area contributed by atoms with Crippen LogP contribution in [0.3, 0.4) is 0 Å². The molecule has 1 aliphatic carbocycles. The molecule has 6 heteroatoms. The van der Waals surface area contributed by atoms with E-state index in [1.54, 1.807) is 6.08 Å². The maximum Gasteiger partial charge on any atom is 0.260 e. The van der Waals surface area contributed by atoms with Crippen LogP contribution in [-0.4, -0.2) is 26.8 Å². The molecule has 0 atom stereocenters. The maximum atomic E-state index is 11.8. The summed E-state index contributed by atoms with van der Waals surface area (Å²) in [5.41, 5.74) is 0.513. The van der Waals surface area contributed by atoms with Crippen molar-refractivity contribution in [3.63, 3.8) is 0 Å². The summed E-state index contributed by atoms with van der Waals surface area (Å²) in [7, 11) is -3.66. The molecule has 0 bridgehead atoms. The van der Waals surface area contributed by atoms with Gasteiger partial charge in [0, 0.05) is 5.57 Å². The summed E-state index contributed by atoms with van der Waals surface area (Å²) >= 11 is 0. The van der Waals surface area contributed by atoms with Crippen LogP contribution < -0.4 is 4.72 Å². The monoisotopic (exact) mass is 235 g/mol. The highest BCUT2D eigenvalue weighted by atomic mass is 32.2. The molecule has 1 N–H and O–H groups in total. The van der Waals surface area contributed by atoms with Gasteiger partial charge in [-0.3, -0.25) is 9.18 Å². The number of sulfonamides is 1. The first-order chi connectivity index (χ1) is 7.05. The van der Waals surface area contributed by atoms with E-state index in [-0.39, 0.29) is 12.2 Å². The van der Waals surface area contributed by atoms with Crippen LogP contribution in [0.5, 0.6) is 0 Å². The van der Waals surface area contributed by atoms with Gasteiger partial charge in [0.2, 0.25) is 10.0 Å². The van der Waals surface area contributed by atoms with Gasteiger partial charge in [0.25, 0.3) is 5.91 Å². The van der Waals surface area contributed by atoms with Gasteiger partial charge in [-0.25, -0.2) is 13.1 Å². The highest BCUT2D eigenvalue weighted by molar-refractivity contribution is 7.90. The number of hydrogen-bond acceptors (Lipinski definition) is 3. The average molecular weight is 235 g/mol. The number of rotatable bonds is 5.